The van der Waals surface area contributed by atoms with Gasteiger partial charge in [0, 0.05) is 13.2 Å². The van der Waals surface area contributed by atoms with E-state index in [1.165, 1.54) is 6.08 Å². The molecule has 5 nitrogen and oxygen atoms in total. The molecule has 0 atom stereocenters. The molecule has 1 rings (SSSR count). The summed E-state index contributed by atoms with van der Waals surface area (Å²) in [7, 11) is 1.60. The lowest BCUT2D eigenvalue weighted by Crippen LogP contribution is -2.07. The van der Waals surface area contributed by atoms with Crippen molar-refractivity contribution >= 4 is 23.6 Å². The molecule has 1 aromatic rings. The van der Waals surface area contributed by atoms with Gasteiger partial charge in [-0.25, -0.2) is 4.79 Å². The van der Waals surface area contributed by atoms with Gasteiger partial charge in [0.1, 0.15) is 5.75 Å². The molecule has 1 aromatic carbocycles. The third kappa shape index (κ3) is 7.51. The number of carbonyl (C=O) groups is 1. The number of aliphatic carboxylic acids is 1. The highest BCUT2D eigenvalue weighted by molar-refractivity contribution is 6.32. The molecule has 0 aliphatic carbocycles. The van der Waals surface area contributed by atoms with Gasteiger partial charge in [0.2, 0.25) is 0 Å². The van der Waals surface area contributed by atoms with Crippen LogP contribution in [0.1, 0.15) is 5.56 Å². The summed E-state index contributed by atoms with van der Waals surface area (Å²) in [6, 6.07) is 5.25. The van der Waals surface area contributed by atoms with Gasteiger partial charge in [0.15, 0.2) is 6.79 Å². The van der Waals surface area contributed by atoms with Crippen LogP contribution >= 0.6 is 11.6 Å². The SMILES string of the molecule is COCCOCOc1ccc(/C=C/C=C/C(=O)O)cc1Cl. The predicted molar refractivity (Wildman–Crippen MR) is 80.6 cm³/mol. The zero-order valence-corrected chi connectivity index (χ0v) is 12.4. The van der Waals surface area contributed by atoms with Gasteiger partial charge in [0.25, 0.3) is 0 Å². The molecule has 0 radical (unpaired) electrons. The first-order valence-electron chi connectivity index (χ1n) is 6.20. The Morgan fingerprint density at radius 2 is 2.14 bits per heavy atom. The molecule has 0 heterocycles. The first-order chi connectivity index (χ1) is 10.1. The second-order valence-corrected chi connectivity index (χ2v) is 4.32. The number of carboxylic acids is 1. The second kappa shape index (κ2) is 9.99. The Morgan fingerprint density at radius 1 is 1.33 bits per heavy atom. The molecular formula is C15H17ClO5. The summed E-state index contributed by atoms with van der Waals surface area (Å²) >= 11 is 6.08. The molecule has 0 saturated carbocycles. The molecule has 0 unspecified atom stereocenters. The first kappa shape index (κ1) is 17.2. The molecule has 0 saturated heterocycles. The summed E-state index contributed by atoms with van der Waals surface area (Å²) in [6.45, 7) is 1.05. The predicted octanol–water partition coefficient (Wildman–Crippen LogP) is 2.99. The van der Waals surface area contributed by atoms with Crippen molar-refractivity contribution in [1.29, 1.82) is 0 Å². The molecule has 0 aliphatic heterocycles. The van der Waals surface area contributed by atoms with Crippen LogP contribution in [0.5, 0.6) is 5.75 Å². The highest BCUT2D eigenvalue weighted by atomic mass is 35.5. The highest BCUT2D eigenvalue weighted by Crippen LogP contribution is 2.26. The minimum Gasteiger partial charge on any atom is -0.478 e. The van der Waals surface area contributed by atoms with E-state index in [-0.39, 0.29) is 6.79 Å². The van der Waals surface area contributed by atoms with Crippen LogP contribution in [0.4, 0.5) is 0 Å². The summed E-state index contributed by atoms with van der Waals surface area (Å²) in [6.07, 6.45) is 5.84. The van der Waals surface area contributed by atoms with E-state index >= 15 is 0 Å². The van der Waals surface area contributed by atoms with Gasteiger partial charge in [-0.2, -0.15) is 0 Å². The van der Waals surface area contributed by atoms with Crippen molar-refractivity contribution in [3.8, 4) is 5.75 Å². The molecule has 0 amide bonds. The molecule has 1 N–H and O–H groups in total. The van der Waals surface area contributed by atoms with E-state index < -0.39 is 5.97 Å². The van der Waals surface area contributed by atoms with Gasteiger partial charge in [-0.15, -0.1) is 0 Å². The second-order valence-electron chi connectivity index (χ2n) is 3.91. The third-order valence-electron chi connectivity index (χ3n) is 2.32. The zero-order valence-electron chi connectivity index (χ0n) is 11.6. The lowest BCUT2D eigenvalue weighted by Gasteiger charge is -2.08. The lowest BCUT2D eigenvalue weighted by atomic mass is 10.2. The quantitative estimate of drug-likeness (QED) is 0.329. The summed E-state index contributed by atoms with van der Waals surface area (Å²) in [4.78, 5) is 10.3. The van der Waals surface area contributed by atoms with Crippen LogP contribution in [-0.2, 0) is 14.3 Å². The average Bonchev–Trinajstić information content (AvgIpc) is 2.45. The first-order valence-corrected chi connectivity index (χ1v) is 6.58. The Hall–Kier alpha value is -1.82. The van der Waals surface area contributed by atoms with Crippen LogP contribution in [0, 0.1) is 0 Å². The molecular weight excluding hydrogens is 296 g/mol. The minimum absolute atomic E-state index is 0.0968. The van der Waals surface area contributed by atoms with Crippen LogP contribution in [0.25, 0.3) is 6.08 Å². The van der Waals surface area contributed by atoms with Crippen LogP contribution in [0.3, 0.4) is 0 Å². The number of allylic oxidation sites excluding steroid dienone is 2. The number of hydrogen-bond acceptors (Lipinski definition) is 4. The zero-order chi connectivity index (χ0) is 15.5. The average molecular weight is 313 g/mol. The third-order valence-corrected chi connectivity index (χ3v) is 2.62. The standard InChI is InChI=1S/C15H17ClO5/c1-19-8-9-20-11-21-14-7-6-12(10-13(14)16)4-2-3-5-15(17)18/h2-7,10H,8-9,11H2,1H3,(H,17,18)/b4-2+,5-3+. The summed E-state index contributed by atoms with van der Waals surface area (Å²) in [5.74, 6) is -0.470. The van der Waals surface area contributed by atoms with Crippen LogP contribution in [0.2, 0.25) is 5.02 Å². The lowest BCUT2D eigenvalue weighted by molar-refractivity contribution is -0.131. The molecule has 0 aromatic heterocycles. The maximum absolute atomic E-state index is 10.3. The fourth-order valence-electron chi connectivity index (χ4n) is 1.35. The molecule has 0 aliphatic rings. The molecule has 0 fully saturated rings. The normalized spacial score (nSPS) is 11.3. The summed E-state index contributed by atoms with van der Waals surface area (Å²) in [5, 5.41) is 8.90. The van der Waals surface area contributed by atoms with Crippen LogP contribution < -0.4 is 4.74 Å². The van der Waals surface area contributed by atoms with Gasteiger partial charge in [-0.3, -0.25) is 0 Å². The van der Waals surface area contributed by atoms with Gasteiger partial charge >= 0.3 is 5.97 Å². The van der Waals surface area contributed by atoms with Crippen molar-refractivity contribution in [2.45, 2.75) is 0 Å². The van der Waals surface area contributed by atoms with Crippen molar-refractivity contribution in [2.24, 2.45) is 0 Å². The Bertz CT molecular complexity index is 511. The minimum atomic E-state index is -0.991. The number of carboxylic acid groups (broad SMARTS) is 1. The summed E-state index contributed by atoms with van der Waals surface area (Å²) < 4.78 is 15.4. The Morgan fingerprint density at radius 3 is 2.81 bits per heavy atom. The van der Waals surface area contributed by atoms with Crippen molar-refractivity contribution in [2.75, 3.05) is 27.1 Å². The number of ether oxygens (including phenoxy) is 3. The highest BCUT2D eigenvalue weighted by Gasteiger charge is 2.01. The Labute approximate surface area is 128 Å². The smallest absolute Gasteiger partial charge is 0.328 e. The Kier molecular flexibility index (Phi) is 8.19. The van der Waals surface area contributed by atoms with Gasteiger partial charge in [-0.1, -0.05) is 35.9 Å². The van der Waals surface area contributed by atoms with E-state index in [1.54, 1.807) is 31.4 Å². The van der Waals surface area contributed by atoms with E-state index in [2.05, 4.69) is 0 Å². The van der Waals surface area contributed by atoms with E-state index in [0.717, 1.165) is 11.6 Å². The van der Waals surface area contributed by atoms with Crippen molar-refractivity contribution in [3.63, 3.8) is 0 Å². The number of halogens is 1. The van der Waals surface area contributed by atoms with Crippen molar-refractivity contribution in [3.05, 3.63) is 47.0 Å². The van der Waals surface area contributed by atoms with E-state index in [1.807, 2.05) is 6.07 Å². The van der Waals surface area contributed by atoms with Gasteiger partial charge < -0.3 is 19.3 Å². The van der Waals surface area contributed by atoms with Crippen molar-refractivity contribution in [1.82, 2.24) is 0 Å². The molecule has 0 spiro atoms. The van der Waals surface area contributed by atoms with Gasteiger partial charge in [-0.05, 0) is 17.7 Å². The largest absolute Gasteiger partial charge is 0.478 e. The number of rotatable bonds is 9. The maximum Gasteiger partial charge on any atom is 0.328 e. The van der Waals surface area contributed by atoms with Gasteiger partial charge in [0.05, 0.1) is 18.2 Å². The summed E-state index contributed by atoms with van der Waals surface area (Å²) in [5.41, 5.74) is 0.836. The molecule has 0 bridgehead atoms. The Balaban J connectivity index is 2.49. The fraction of sp³-hybridized carbons (Fsp3) is 0.267. The number of benzene rings is 1. The number of methoxy groups -OCH3 is 1. The van der Waals surface area contributed by atoms with Crippen LogP contribution in [0.15, 0.2) is 36.4 Å². The van der Waals surface area contributed by atoms with Crippen molar-refractivity contribution < 1.29 is 24.1 Å². The molecule has 114 valence electrons. The molecule has 21 heavy (non-hydrogen) atoms. The van der Waals surface area contributed by atoms with Crippen LogP contribution in [-0.4, -0.2) is 38.2 Å². The van der Waals surface area contributed by atoms with E-state index in [0.29, 0.717) is 24.0 Å². The van der Waals surface area contributed by atoms with E-state index in [4.69, 9.17) is 30.9 Å². The molecule has 6 heteroatoms. The topological polar surface area (TPSA) is 65.0 Å². The fourth-order valence-corrected chi connectivity index (χ4v) is 1.59. The number of hydrogen-bond donors (Lipinski definition) is 1. The maximum atomic E-state index is 10.3. The monoisotopic (exact) mass is 312 g/mol. The van der Waals surface area contributed by atoms with E-state index in [9.17, 15) is 4.79 Å².